The van der Waals surface area contributed by atoms with Gasteiger partial charge < -0.3 is 0 Å². The molecule has 0 saturated heterocycles. The van der Waals surface area contributed by atoms with E-state index in [0.29, 0.717) is 0 Å². The van der Waals surface area contributed by atoms with Crippen molar-refractivity contribution < 1.29 is 0 Å². The Hall–Kier alpha value is -0.330. The lowest BCUT2D eigenvalue weighted by molar-refractivity contribution is 0.498. The summed E-state index contributed by atoms with van der Waals surface area (Å²) >= 11 is 5.08. The van der Waals surface area contributed by atoms with Gasteiger partial charge in [-0.3, -0.25) is 0 Å². The van der Waals surface area contributed by atoms with Gasteiger partial charge in [0.15, 0.2) is 0 Å². The van der Waals surface area contributed by atoms with Crippen LogP contribution in [-0.2, 0) is 6.42 Å². The summed E-state index contributed by atoms with van der Waals surface area (Å²) in [4.78, 5) is 1.26. The number of nitrogens with zero attached hydrogens (tertiary/aromatic N) is 1. The van der Waals surface area contributed by atoms with E-state index in [1.54, 1.807) is 11.3 Å². The Kier molecular flexibility index (Phi) is 2.92. The Labute approximate surface area is 85.2 Å². The van der Waals surface area contributed by atoms with Crippen LogP contribution in [0, 0.1) is 16.7 Å². The number of rotatable bonds is 2. The summed E-state index contributed by atoms with van der Waals surface area (Å²) in [6, 6.07) is 4.36. The first kappa shape index (κ1) is 9.76. The van der Waals surface area contributed by atoms with E-state index >= 15 is 0 Å². The van der Waals surface area contributed by atoms with E-state index in [1.165, 1.54) is 4.88 Å². The van der Waals surface area contributed by atoms with Crippen molar-refractivity contribution in [2.45, 2.75) is 20.3 Å². The molecule has 1 nitrogen and oxygen atoms in total. The van der Waals surface area contributed by atoms with Crippen LogP contribution in [0.3, 0.4) is 0 Å². The second kappa shape index (κ2) is 3.59. The maximum atomic E-state index is 8.81. The van der Waals surface area contributed by atoms with Gasteiger partial charge in [0, 0.05) is 14.7 Å². The van der Waals surface area contributed by atoms with Gasteiger partial charge in [-0.25, -0.2) is 0 Å². The molecule has 1 aromatic heterocycles. The summed E-state index contributed by atoms with van der Waals surface area (Å²) in [5, 5.41) is 10.8. The van der Waals surface area contributed by atoms with E-state index < -0.39 is 0 Å². The predicted octanol–water partition coefficient (Wildman–Crippen LogP) is 3.60. The van der Waals surface area contributed by atoms with Gasteiger partial charge in [0.05, 0.1) is 11.5 Å². The summed E-state index contributed by atoms with van der Waals surface area (Å²) in [6.45, 7) is 3.92. The van der Waals surface area contributed by atoms with E-state index in [4.69, 9.17) is 5.26 Å². The van der Waals surface area contributed by atoms with Crippen LogP contribution in [0.25, 0.3) is 0 Å². The van der Waals surface area contributed by atoms with Crippen LogP contribution in [0.1, 0.15) is 18.7 Å². The monoisotopic (exact) mass is 243 g/mol. The highest BCUT2D eigenvalue weighted by molar-refractivity contribution is 9.10. The average Bonchev–Trinajstić information content (AvgIpc) is 2.35. The zero-order valence-corrected chi connectivity index (χ0v) is 9.50. The summed E-state index contributed by atoms with van der Waals surface area (Å²) in [5.41, 5.74) is -0.246. The van der Waals surface area contributed by atoms with Gasteiger partial charge in [-0.05, 0) is 42.3 Å². The maximum Gasteiger partial charge on any atom is 0.0687 e. The number of hydrogen-bond donors (Lipinski definition) is 0. The minimum absolute atomic E-state index is 0.246. The van der Waals surface area contributed by atoms with Crippen LogP contribution in [0.5, 0.6) is 0 Å². The molecule has 0 aromatic carbocycles. The fourth-order valence-electron chi connectivity index (χ4n) is 0.922. The second-order valence-electron chi connectivity index (χ2n) is 3.40. The number of nitriles is 1. The molecule has 0 aliphatic heterocycles. The topological polar surface area (TPSA) is 23.8 Å². The van der Waals surface area contributed by atoms with E-state index in [1.807, 2.05) is 19.2 Å². The zero-order chi connectivity index (χ0) is 9.19. The van der Waals surface area contributed by atoms with Crippen molar-refractivity contribution >= 4 is 27.3 Å². The van der Waals surface area contributed by atoms with E-state index in [0.717, 1.165) is 10.9 Å². The van der Waals surface area contributed by atoms with Crippen LogP contribution in [-0.4, -0.2) is 0 Å². The molecule has 0 spiro atoms. The molecule has 1 rings (SSSR count). The standard InChI is InChI=1S/C9H10BrNS/c1-9(2,6-11)4-8-3-7(10)5-12-8/h3,5H,4H2,1-2H3. The van der Waals surface area contributed by atoms with Crippen molar-refractivity contribution in [3.63, 3.8) is 0 Å². The van der Waals surface area contributed by atoms with Crippen molar-refractivity contribution in [2.75, 3.05) is 0 Å². The highest BCUT2D eigenvalue weighted by Gasteiger charge is 2.17. The molecule has 1 aromatic rings. The van der Waals surface area contributed by atoms with Crippen molar-refractivity contribution in [3.8, 4) is 6.07 Å². The summed E-state index contributed by atoms with van der Waals surface area (Å²) in [6.07, 6.45) is 0.833. The first-order valence-corrected chi connectivity index (χ1v) is 5.35. The first-order valence-electron chi connectivity index (χ1n) is 3.68. The lowest BCUT2D eigenvalue weighted by Gasteiger charge is -2.12. The van der Waals surface area contributed by atoms with Gasteiger partial charge in [-0.1, -0.05) is 0 Å². The highest BCUT2D eigenvalue weighted by Crippen LogP contribution is 2.27. The molecule has 1 heterocycles. The molecule has 0 amide bonds. The summed E-state index contributed by atoms with van der Waals surface area (Å²) < 4.78 is 1.11. The Morgan fingerprint density at radius 2 is 2.33 bits per heavy atom. The smallest absolute Gasteiger partial charge is 0.0687 e. The Bertz CT molecular complexity index is 309. The minimum atomic E-state index is -0.246. The van der Waals surface area contributed by atoms with Crippen molar-refractivity contribution in [3.05, 3.63) is 20.8 Å². The van der Waals surface area contributed by atoms with Gasteiger partial charge in [0.1, 0.15) is 0 Å². The van der Waals surface area contributed by atoms with Gasteiger partial charge in [0.2, 0.25) is 0 Å². The zero-order valence-electron chi connectivity index (χ0n) is 7.10. The first-order chi connectivity index (χ1) is 5.53. The van der Waals surface area contributed by atoms with Crippen molar-refractivity contribution in [1.82, 2.24) is 0 Å². The number of halogens is 1. The van der Waals surface area contributed by atoms with Gasteiger partial charge in [0.25, 0.3) is 0 Å². The Morgan fingerprint density at radius 3 is 2.75 bits per heavy atom. The molecule has 0 atom stereocenters. The maximum absolute atomic E-state index is 8.81. The predicted molar refractivity (Wildman–Crippen MR) is 55.1 cm³/mol. The lowest BCUT2D eigenvalue weighted by atomic mass is 9.91. The van der Waals surface area contributed by atoms with Gasteiger partial charge in [-0.15, -0.1) is 11.3 Å². The molecule has 64 valence electrons. The summed E-state index contributed by atoms with van der Waals surface area (Å²) in [7, 11) is 0. The van der Waals surface area contributed by atoms with Gasteiger partial charge in [-0.2, -0.15) is 5.26 Å². The van der Waals surface area contributed by atoms with Crippen LogP contribution < -0.4 is 0 Å². The largest absolute Gasteiger partial charge is 0.198 e. The van der Waals surface area contributed by atoms with E-state index in [9.17, 15) is 0 Å². The highest BCUT2D eigenvalue weighted by atomic mass is 79.9. The second-order valence-corrected chi connectivity index (χ2v) is 5.32. The molecule has 12 heavy (non-hydrogen) atoms. The molecule has 0 N–H and O–H groups in total. The van der Waals surface area contributed by atoms with Crippen LogP contribution in [0.2, 0.25) is 0 Å². The number of hydrogen-bond acceptors (Lipinski definition) is 2. The third-order valence-electron chi connectivity index (χ3n) is 1.54. The third-order valence-corrected chi connectivity index (χ3v) is 3.24. The molecule has 0 bridgehead atoms. The quantitative estimate of drug-likeness (QED) is 0.779. The molecular weight excluding hydrogens is 234 g/mol. The van der Waals surface area contributed by atoms with Crippen LogP contribution in [0.4, 0.5) is 0 Å². The van der Waals surface area contributed by atoms with Gasteiger partial charge >= 0.3 is 0 Å². The fourth-order valence-corrected chi connectivity index (χ4v) is 2.60. The van der Waals surface area contributed by atoms with Crippen molar-refractivity contribution in [2.24, 2.45) is 5.41 Å². The van der Waals surface area contributed by atoms with E-state index in [-0.39, 0.29) is 5.41 Å². The van der Waals surface area contributed by atoms with Crippen LogP contribution >= 0.6 is 27.3 Å². The van der Waals surface area contributed by atoms with Crippen LogP contribution in [0.15, 0.2) is 15.9 Å². The minimum Gasteiger partial charge on any atom is -0.198 e. The third kappa shape index (κ3) is 2.62. The Morgan fingerprint density at radius 1 is 1.67 bits per heavy atom. The molecular formula is C9H10BrNS. The molecule has 0 fully saturated rings. The molecule has 0 saturated carbocycles. The average molecular weight is 244 g/mol. The fraction of sp³-hybridized carbons (Fsp3) is 0.444. The molecule has 0 unspecified atom stereocenters. The molecule has 0 radical (unpaired) electrons. The summed E-state index contributed by atoms with van der Waals surface area (Å²) in [5.74, 6) is 0. The molecule has 0 aliphatic carbocycles. The lowest BCUT2D eigenvalue weighted by Crippen LogP contribution is -2.10. The number of thiophene rings is 1. The molecule has 3 heteroatoms. The van der Waals surface area contributed by atoms with E-state index in [2.05, 4.69) is 28.1 Å². The normalized spacial score (nSPS) is 11.2. The molecule has 0 aliphatic rings. The van der Waals surface area contributed by atoms with Crippen molar-refractivity contribution in [1.29, 1.82) is 5.26 Å². The Balaban J connectivity index is 2.72. The SMILES string of the molecule is CC(C)(C#N)Cc1cc(Br)cs1.